The first kappa shape index (κ1) is 16.7. The van der Waals surface area contributed by atoms with Gasteiger partial charge in [0.1, 0.15) is 5.54 Å². The summed E-state index contributed by atoms with van der Waals surface area (Å²) in [5.41, 5.74) is -0.476. The molecule has 122 valence electrons. The van der Waals surface area contributed by atoms with Gasteiger partial charge in [-0.15, -0.1) is 0 Å². The molecule has 1 saturated heterocycles. The standard InChI is InChI=1S/C16H31N3O2/c1-17-16(15(20)21-4)9-5-6-14(12-16)19-10-7-13(8-11-19)18(2)3/h13-14,17H,5-12H2,1-4H3. The van der Waals surface area contributed by atoms with Crippen molar-refractivity contribution in [1.82, 2.24) is 15.1 Å². The molecule has 2 fully saturated rings. The molecule has 0 aromatic heterocycles. The van der Waals surface area contributed by atoms with Crippen LogP contribution in [-0.2, 0) is 9.53 Å². The first-order valence-electron chi connectivity index (χ1n) is 8.20. The lowest BCUT2D eigenvalue weighted by atomic mass is 9.78. The Balaban J connectivity index is 1.97. The number of esters is 1. The second-order valence-electron chi connectivity index (χ2n) is 6.80. The van der Waals surface area contributed by atoms with E-state index in [1.165, 1.54) is 26.4 Å². The third-order valence-electron chi connectivity index (χ3n) is 5.53. The number of nitrogens with zero attached hydrogens (tertiary/aromatic N) is 2. The molecule has 21 heavy (non-hydrogen) atoms. The Morgan fingerprint density at radius 3 is 2.48 bits per heavy atom. The lowest BCUT2D eigenvalue weighted by Crippen LogP contribution is -2.58. The smallest absolute Gasteiger partial charge is 0.326 e. The summed E-state index contributed by atoms with van der Waals surface area (Å²) in [7, 11) is 7.72. The van der Waals surface area contributed by atoms with Crippen molar-refractivity contribution in [3.63, 3.8) is 0 Å². The largest absolute Gasteiger partial charge is 0.468 e. The Hall–Kier alpha value is -0.650. The molecule has 0 aromatic rings. The molecule has 0 spiro atoms. The zero-order valence-corrected chi connectivity index (χ0v) is 14.0. The van der Waals surface area contributed by atoms with Crippen LogP contribution in [0, 0.1) is 0 Å². The summed E-state index contributed by atoms with van der Waals surface area (Å²) in [4.78, 5) is 17.1. The molecule has 1 aliphatic heterocycles. The topological polar surface area (TPSA) is 44.8 Å². The molecule has 1 N–H and O–H groups in total. The second kappa shape index (κ2) is 7.07. The van der Waals surface area contributed by atoms with Gasteiger partial charge in [-0.3, -0.25) is 4.79 Å². The summed E-state index contributed by atoms with van der Waals surface area (Å²) in [5.74, 6) is -0.0992. The van der Waals surface area contributed by atoms with Crippen molar-refractivity contribution in [2.75, 3.05) is 41.3 Å². The average Bonchev–Trinajstić information content (AvgIpc) is 2.54. The van der Waals surface area contributed by atoms with E-state index in [0.29, 0.717) is 12.1 Å². The Morgan fingerprint density at radius 2 is 1.95 bits per heavy atom. The average molecular weight is 297 g/mol. The fourth-order valence-electron chi connectivity index (χ4n) is 4.03. The summed E-state index contributed by atoms with van der Waals surface area (Å²) in [5, 5.41) is 3.25. The summed E-state index contributed by atoms with van der Waals surface area (Å²) >= 11 is 0. The Morgan fingerprint density at radius 1 is 1.29 bits per heavy atom. The first-order valence-corrected chi connectivity index (χ1v) is 8.20. The van der Waals surface area contributed by atoms with Gasteiger partial charge in [0.25, 0.3) is 0 Å². The number of nitrogens with one attached hydrogen (secondary N) is 1. The Kier molecular flexibility index (Phi) is 5.63. The number of hydrogen-bond acceptors (Lipinski definition) is 5. The Labute approximate surface area is 129 Å². The third-order valence-corrected chi connectivity index (χ3v) is 5.53. The van der Waals surface area contributed by atoms with Crippen molar-refractivity contribution in [3.05, 3.63) is 0 Å². The van der Waals surface area contributed by atoms with Gasteiger partial charge < -0.3 is 19.9 Å². The summed E-state index contributed by atoms with van der Waals surface area (Å²) < 4.78 is 5.04. The molecule has 2 atom stereocenters. The number of likely N-dealkylation sites (N-methyl/N-ethyl adjacent to an activating group) is 1. The number of piperidine rings is 1. The highest BCUT2D eigenvalue weighted by atomic mass is 16.5. The lowest BCUT2D eigenvalue weighted by Gasteiger charge is -2.45. The fraction of sp³-hybridized carbons (Fsp3) is 0.938. The molecule has 0 aromatic carbocycles. The number of rotatable bonds is 4. The highest BCUT2D eigenvalue weighted by Gasteiger charge is 2.44. The maximum Gasteiger partial charge on any atom is 0.326 e. The zero-order valence-electron chi connectivity index (χ0n) is 14.0. The van der Waals surface area contributed by atoms with E-state index >= 15 is 0 Å². The van der Waals surface area contributed by atoms with Crippen molar-refractivity contribution >= 4 is 5.97 Å². The van der Waals surface area contributed by atoms with Crippen LogP contribution in [0.15, 0.2) is 0 Å². The zero-order chi connectivity index (χ0) is 15.5. The van der Waals surface area contributed by atoms with Crippen molar-refractivity contribution in [2.24, 2.45) is 0 Å². The maximum atomic E-state index is 12.2. The van der Waals surface area contributed by atoms with Crippen molar-refractivity contribution in [2.45, 2.75) is 56.1 Å². The van der Waals surface area contributed by atoms with Gasteiger partial charge >= 0.3 is 5.97 Å². The van der Waals surface area contributed by atoms with Crippen molar-refractivity contribution < 1.29 is 9.53 Å². The van der Waals surface area contributed by atoms with E-state index in [1.807, 2.05) is 7.05 Å². The molecule has 0 radical (unpaired) electrons. The minimum atomic E-state index is -0.476. The van der Waals surface area contributed by atoms with Gasteiger partial charge in [-0.1, -0.05) is 0 Å². The molecular weight excluding hydrogens is 266 g/mol. The minimum Gasteiger partial charge on any atom is -0.468 e. The molecule has 0 bridgehead atoms. The number of likely N-dealkylation sites (tertiary alicyclic amines) is 1. The van der Waals surface area contributed by atoms with Gasteiger partial charge in [0.15, 0.2) is 0 Å². The van der Waals surface area contributed by atoms with Crippen LogP contribution in [0.4, 0.5) is 0 Å². The van der Waals surface area contributed by atoms with Crippen molar-refractivity contribution in [1.29, 1.82) is 0 Å². The van der Waals surface area contributed by atoms with Crippen molar-refractivity contribution in [3.8, 4) is 0 Å². The molecule has 5 nitrogen and oxygen atoms in total. The van der Waals surface area contributed by atoms with E-state index in [2.05, 4.69) is 29.2 Å². The van der Waals surface area contributed by atoms with Crippen LogP contribution in [-0.4, -0.2) is 74.7 Å². The van der Waals surface area contributed by atoms with Gasteiger partial charge in [0.2, 0.25) is 0 Å². The number of ether oxygens (including phenoxy) is 1. The number of carbonyl (C=O) groups excluding carboxylic acids is 1. The van der Waals surface area contributed by atoms with Crippen LogP contribution in [0.1, 0.15) is 38.5 Å². The number of hydrogen-bond donors (Lipinski definition) is 1. The van der Waals surface area contributed by atoms with Gasteiger partial charge in [-0.25, -0.2) is 0 Å². The lowest BCUT2D eigenvalue weighted by molar-refractivity contribution is -0.151. The molecule has 5 heteroatoms. The summed E-state index contributed by atoms with van der Waals surface area (Å²) in [6.07, 6.45) is 6.52. The van der Waals surface area contributed by atoms with Crippen LogP contribution in [0.2, 0.25) is 0 Å². The van der Waals surface area contributed by atoms with Crippen LogP contribution < -0.4 is 5.32 Å². The Bertz CT molecular complexity index is 353. The van der Waals surface area contributed by atoms with E-state index in [0.717, 1.165) is 32.4 Å². The van der Waals surface area contributed by atoms with E-state index in [-0.39, 0.29) is 5.97 Å². The monoisotopic (exact) mass is 297 g/mol. The molecule has 2 rings (SSSR count). The van der Waals surface area contributed by atoms with E-state index in [9.17, 15) is 4.79 Å². The molecule has 2 unspecified atom stereocenters. The molecule has 0 amide bonds. The number of carbonyl (C=O) groups is 1. The predicted molar refractivity (Wildman–Crippen MR) is 84.3 cm³/mol. The predicted octanol–water partition coefficient (Wildman–Crippen LogP) is 1.09. The van der Waals surface area contributed by atoms with Crippen LogP contribution in [0.3, 0.4) is 0 Å². The molecule has 1 saturated carbocycles. The highest BCUT2D eigenvalue weighted by molar-refractivity contribution is 5.81. The van der Waals surface area contributed by atoms with Crippen LogP contribution in [0.5, 0.6) is 0 Å². The molecule has 1 heterocycles. The second-order valence-corrected chi connectivity index (χ2v) is 6.80. The minimum absolute atomic E-state index is 0.0992. The summed E-state index contributed by atoms with van der Waals surface area (Å²) in [6.45, 7) is 2.29. The number of methoxy groups -OCH3 is 1. The molecular formula is C16H31N3O2. The van der Waals surface area contributed by atoms with Crippen LogP contribution >= 0.6 is 0 Å². The molecule has 2 aliphatic rings. The SMILES string of the molecule is CNC1(C(=O)OC)CCCC(N2CCC(N(C)C)CC2)C1. The van der Waals surface area contributed by atoms with Gasteiger partial charge in [0, 0.05) is 12.1 Å². The van der Waals surface area contributed by atoms with Gasteiger partial charge in [-0.2, -0.15) is 0 Å². The fourth-order valence-corrected chi connectivity index (χ4v) is 4.03. The van der Waals surface area contributed by atoms with E-state index in [4.69, 9.17) is 4.74 Å². The van der Waals surface area contributed by atoms with E-state index in [1.54, 1.807) is 0 Å². The van der Waals surface area contributed by atoms with Gasteiger partial charge in [0.05, 0.1) is 7.11 Å². The summed E-state index contributed by atoms with van der Waals surface area (Å²) in [6, 6.07) is 1.22. The quantitative estimate of drug-likeness (QED) is 0.787. The molecule has 1 aliphatic carbocycles. The van der Waals surface area contributed by atoms with Gasteiger partial charge in [-0.05, 0) is 72.8 Å². The maximum absolute atomic E-state index is 12.2. The normalized spacial score (nSPS) is 32.3. The first-order chi connectivity index (χ1) is 10.0. The highest BCUT2D eigenvalue weighted by Crippen LogP contribution is 2.33. The van der Waals surface area contributed by atoms with E-state index < -0.39 is 5.54 Å². The third kappa shape index (κ3) is 3.58. The van der Waals surface area contributed by atoms with Crippen LogP contribution in [0.25, 0.3) is 0 Å².